The van der Waals surface area contributed by atoms with Gasteiger partial charge in [0.1, 0.15) is 0 Å². The summed E-state index contributed by atoms with van der Waals surface area (Å²) in [6, 6.07) is 16.4. The van der Waals surface area contributed by atoms with Crippen LogP contribution >= 0.6 is 0 Å². The van der Waals surface area contributed by atoms with Crippen LogP contribution in [-0.2, 0) is 6.54 Å². The van der Waals surface area contributed by atoms with E-state index in [1.807, 2.05) is 38.1 Å². The first-order valence-electron chi connectivity index (χ1n) is 8.32. The van der Waals surface area contributed by atoms with Gasteiger partial charge in [-0.15, -0.1) is 0 Å². The molecule has 5 nitrogen and oxygen atoms in total. The number of benzene rings is 2. The average Bonchev–Trinajstić information content (AvgIpc) is 3.17. The number of nitrogens with one attached hydrogen (secondary N) is 2. The lowest BCUT2D eigenvalue weighted by molar-refractivity contribution is 0.0949. The molecule has 0 fully saturated rings. The molecule has 1 aromatic heterocycles. The lowest BCUT2D eigenvalue weighted by atomic mass is 10.1. The van der Waals surface area contributed by atoms with E-state index < -0.39 is 0 Å². The minimum atomic E-state index is -0.352. The van der Waals surface area contributed by atoms with Gasteiger partial charge in [-0.3, -0.25) is 9.59 Å². The Bertz CT molecular complexity index is 913. The first-order chi connectivity index (χ1) is 12.5. The molecule has 0 spiro atoms. The number of hydrogen-bond donors (Lipinski definition) is 2. The Labute approximate surface area is 152 Å². The highest BCUT2D eigenvalue weighted by Crippen LogP contribution is 2.18. The fourth-order valence-electron chi connectivity index (χ4n) is 2.48. The molecule has 0 saturated heterocycles. The molecular weight excluding hydrogens is 328 g/mol. The van der Waals surface area contributed by atoms with E-state index in [-0.39, 0.29) is 17.6 Å². The highest BCUT2D eigenvalue weighted by atomic mass is 16.3. The molecule has 26 heavy (non-hydrogen) atoms. The maximum Gasteiger partial charge on any atom is 0.291 e. The van der Waals surface area contributed by atoms with Gasteiger partial charge in [0.2, 0.25) is 0 Å². The van der Waals surface area contributed by atoms with Crippen molar-refractivity contribution in [2.45, 2.75) is 20.4 Å². The highest BCUT2D eigenvalue weighted by Gasteiger charge is 2.13. The van der Waals surface area contributed by atoms with Gasteiger partial charge in [-0.05, 0) is 49.2 Å². The van der Waals surface area contributed by atoms with Crippen LogP contribution in [-0.4, -0.2) is 11.8 Å². The van der Waals surface area contributed by atoms with E-state index in [4.69, 9.17) is 4.42 Å². The molecule has 5 heteroatoms. The van der Waals surface area contributed by atoms with E-state index in [2.05, 4.69) is 10.6 Å². The predicted octanol–water partition coefficient (Wildman–Crippen LogP) is 4.08. The Morgan fingerprint density at radius 2 is 1.73 bits per heavy atom. The van der Waals surface area contributed by atoms with Gasteiger partial charge < -0.3 is 15.1 Å². The van der Waals surface area contributed by atoms with Crippen molar-refractivity contribution in [3.63, 3.8) is 0 Å². The summed E-state index contributed by atoms with van der Waals surface area (Å²) in [5.41, 5.74) is 4.13. The van der Waals surface area contributed by atoms with Crippen molar-refractivity contribution in [1.29, 1.82) is 0 Å². The zero-order chi connectivity index (χ0) is 18.5. The normalized spacial score (nSPS) is 10.4. The second kappa shape index (κ2) is 7.70. The maximum atomic E-state index is 12.4. The largest absolute Gasteiger partial charge is 0.459 e. The third-order valence-corrected chi connectivity index (χ3v) is 4.07. The molecule has 2 N–H and O–H groups in total. The molecular formula is C21H20N2O3. The number of aryl methyl sites for hydroxylation is 2. The minimum absolute atomic E-state index is 0.195. The Hall–Kier alpha value is -3.34. The summed E-state index contributed by atoms with van der Waals surface area (Å²) < 4.78 is 5.09. The number of hydrogen-bond acceptors (Lipinski definition) is 3. The Morgan fingerprint density at radius 3 is 2.42 bits per heavy atom. The van der Waals surface area contributed by atoms with Crippen molar-refractivity contribution >= 4 is 17.5 Å². The van der Waals surface area contributed by atoms with E-state index in [0.29, 0.717) is 17.8 Å². The predicted molar refractivity (Wildman–Crippen MR) is 100 cm³/mol. The van der Waals surface area contributed by atoms with Crippen LogP contribution in [0.25, 0.3) is 0 Å². The standard InChI is InChI=1S/C21H20N2O3/c1-14-5-8-16(9-6-14)13-22-20(24)17-10-7-15(2)18(12-17)23-21(25)19-4-3-11-26-19/h3-12H,13H2,1-2H3,(H,22,24)(H,23,25). The third kappa shape index (κ3) is 4.19. The molecule has 2 amide bonds. The number of anilines is 1. The molecule has 0 aliphatic carbocycles. The molecule has 0 radical (unpaired) electrons. The average molecular weight is 348 g/mol. The summed E-state index contributed by atoms with van der Waals surface area (Å²) in [6.45, 7) is 4.33. The maximum absolute atomic E-state index is 12.4. The van der Waals surface area contributed by atoms with Crippen LogP contribution in [0, 0.1) is 13.8 Å². The molecule has 3 aromatic rings. The van der Waals surface area contributed by atoms with Crippen LogP contribution in [0.2, 0.25) is 0 Å². The smallest absolute Gasteiger partial charge is 0.291 e. The van der Waals surface area contributed by atoms with Gasteiger partial charge >= 0.3 is 0 Å². The zero-order valence-electron chi connectivity index (χ0n) is 14.7. The second-order valence-corrected chi connectivity index (χ2v) is 6.13. The first kappa shape index (κ1) is 17.5. The number of amides is 2. The Kier molecular flexibility index (Phi) is 5.17. The van der Waals surface area contributed by atoms with E-state index in [9.17, 15) is 9.59 Å². The topological polar surface area (TPSA) is 71.3 Å². The zero-order valence-corrected chi connectivity index (χ0v) is 14.7. The SMILES string of the molecule is Cc1ccc(CNC(=O)c2ccc(C)c(NC(=O)c3ccco3)c2)cc1. The molecule has 0 aliphatic rings. The van der Waals surface area contributed by atoms with Crippen LogP contribution in [0.3, 0.4) is 0 Å². The first-order valence-corrected chi connectivity index (χ1v) is 8.32. The van der Waals surface area contributed by atoms with E-state index >= 15 is 0 Å². The van der Waals surface area contributed by atoms with E-state index in [0.717, 1.165) is 11.1 Å². The molecule has 2 aromatic carbocycles. The van der Waals surface area contributed by atoms with Gasteiger partial charge in [0.25, 0.3) is 11.8 Å². The van der Waals surface area contributed by atoms with Gasteiger partial charge in [0.15, 0.2) is 5.76 Å². The molecule has 0 atom stereocenters. The summed E-state index contributed by atoms with van der Waals surface area (Å²) in [5.74, 6) is -0.326. The number of rotatable bonds is 5. The monoisotopic (exact) mass is 348 g/mol. The van der Waals surface area contributed by atoms with Crippen LogP contribution in [0.1, 0.15) is 37.6 Å². The lowest BCUT2D eigenvalue weighted by Crippen LogP contribution is -2.23. The van der Waals surface area contributed by atoms with Crippen LogP contribution in [0.5, 0.6) is 0 Å². The van der Waals surface area contributed by atoms with Gasteiger partial charge in [0, 0.05) is 17.8 Å². The van der Waals surface area contributed by atoms with Crippen molar-refractivity contribution in [3.8, 4) is 0 Å². The Morgan fingerprint density at radius 1 is 0.962 bits per heavy atom. The molecule has 132 valence electrons. The van der Waals surface area contributed by atoms with Crippen LogP contribution in [0.15, 0.2) is 65.3 Å². The number of carbonyl (C=O) groups excluding carboxylic acids is 2. The molecule has 3 rings (SSSR count). The molecule has 0 saturated carbocycles. The number of carbonyl (C=O) groups is 2. The Balaban J connectivity index is 1.68. The summed E-state index contributed by atoms with van der Waals surface area (Å²) in [6.07, 6.45) is 1.44. The molecule has 0 bridgehead atoms. The summed E-state index contributed by atoms with van der Waals surface area (Å²) >= 11 is 0. The van der Waals surface area contributed by atoms with Crippen LogP contribution < -0.4 is 10.6 Å². The fraction of sp³-hybridized carbons (Fsp3) is 0.143. The van der Waals surface area contributed by atoms with Crippen molar-refractivity contribution in [2.75, 3.05) is 5.32 Å². The van der Waals surface area contributed by atoms with Gasteiger partial charge in [-0.25, -0.2) is 0 Å². The minimum Gasteiger partial charge on any atom is -0.459 e. The van der Waals surface area contributed by atoms with Crippen molar-refractivity contribution in [2.24, 2.45) is 0 Å². The highest BCUT2D eigenvalue weighted by molar-refractivity contribution is 6.03. The quantitative estimate of drug-likeness (QED) is 0.730. The molecule has 0 unspecified atom stereocenters. The van der Waals surface area contributed by atoms with Crippen LogP contribution in [0.4, 0.5) is 5.69 Å². The fourth-order valence-corrected chi connectivity index (χ4v) is 2.48. The molecule has 1 heterocycles. The molecule has 0 aliphatic heterocycles. The van der Waals surface area contributed by atoms with Gasteiger partial charge in [-0.1, -0.05) is 35.9 Å². The van der Waals surface area contributed by atoms with Crippen molar-refractivity contribution < 1.29 is 14.0 Å². The summed E-state index contributed by atoms with van der Waals surface area (Å²) in [4.78, 5) is 24.6. The number of furan rings is 1. The van der Waals surface area contributed by atoms with E-state index in [1.165, 1.54) is 11.8 Å². The van der Waals surface area contributed by atoms with Crippen molar-refractivity contribution in [1.82, 2.24) is 5.32 Å². The van der Waals surface area contributed by atoms with Gasteiger partial charge in [-0.2, -0.15) is 0 Å². The second-order valence-electron chi connectivity index (χ2n) is 6.13. The third-order valence-electron chi connectivity index (χ3n) is 4.07. The lowest BCUT2D eigenvalue weighted by Gasteiger charge is -2.10. The van der Waals surface area contributed by atoms with Gasteiger partial charge in [0.05, 0.1) is 6.26 Å². The summed E-state index contributed by atoms with van der Waals surface area (Å²) in [7, 11) is 0. The van der Waals surface area contributed by atoms with Crippen molar-refractivity contribution in [3.05, 3.63) is 88.9 Å². The summed E-state index contributed by atoms with van der Waals surface area (Å²) in [5, 5.41) is 5.67. The van der Waals surface area contributed by atoms with E-state index in [1.54, 1.807) is 30.3 Å².